The van der Waals surface area contributed by atoms with Crippen molar-refractivity contribution in [1.82, 2.24) is 0 Å². The van der Waals surface area contributed by atoms with E-state index in [1.54, 1.807) is 0 Å². The third-order valence-corrected chi connectivity index (χ3v) is 2.23. The molecule has 0 unspecified atom stereocenters. The van der Waals surface area contributed by atoms with Crippen LogP contribution in [0.1, 0.15) is 19.8 Å². The summed E-state index contributed by atoms with van der Waals surface area (Å²) in [6.45, 7) is 0.639. The van der Waals surface area contributed by atoms with E-state index in [9.17, 15) is 22.8 Å². The molecule has 0 aromatic carbocycles. The maximum Gasteiger partial charge on any atom is 0.401 e. The van der Waals surface area contributed by atoms with Crippen LogP contribution in [0, 0.1) is 5.92 Å². The SMILES string of the molecule is C[C@H](C(=O)OC1(C(=O)O)CC1)C(F)(F)F. The van der Waals surface area contributed by atoms with Crippen molar-refractivity contribution in [1.29, 1.82) is 0 Å². The lowest BCUT2D eigenvalue weighted by Crippen LogP contribution is -2.36. The fraction of sp³-hybridized carbons (Fsp3) is 0.750. The third-order valence-electron chi connectivity index (χ3n) is 2.23. The molecule has 0 aromatic rings. The van der Waals surface area contributed by atoms with Gasteiger partial charge < -0.3 is 9.84 Å². The fourth-order valence-electron chi connectivity index (χ4n) is 0.888. The molecular formula is C8H9F3O4. The number of alkyl halides is 3. The first kappa shape index (κ1) is 11.8. The van der Waals surface area contributed by atoms with Gasteiger partial charge in [0.15, 0.2) is 0 Å². The van der Waals surface area contributed by atoms with Crippen LogP contribution in [0.3, 0.4) is 0 Å². The van der Waals surface area contributed by atoms with Crippen molar-refractivity contribution in [2.24, 2.45) is 5.92 Å². The van der Waals surface area contributed by atoms with E-state index in [0.717, 1.165) is 0 Å². The van der Waals surface area contributed by atoms with Gasteiger partial charge in [-0.15, -0.1) is 0 Å². The lowest BCUT2D eigenvalue weighted by molar-refractivity contribution is -0.202. The van der Waals surface area contributed by atoms with Crippen molar-refractivity contribution in [2.45, 2.75) is 31.5 Å². The molecule has 0 saturated heterocycles. The number of halogens is 3. The minimum atomic E-state index is -4.70. The van der Waals surface area contributed by atoms with Crippen molar-refractivity contribution in [3.63, 3.8) is 0 Å². The van der Waals surface area contributed by atoms with Crippen LogP contribution in [-0.2, 0) is 14.3 Å². The van der Waals surface area contributed by atoms with Crippen LogP contribution < -0.4 is 0 Å². The summed E-state index contributed by atoms with van der Waals surface area (Å²) in [5.41, 5.74) is -1.71. The highest BCUT2D eigenvalue weighted by Gasteiger charge is 2.56. The summed E-state index contributed by atoms with van der Waals surface area (Å²) < 4.78 is 40.5. The molecule has 0 bridgehead atoms. The van der Waals surface area contributed by atoms with E-state index in [4.69, 9.17) is 5.11 Å². The molecule has 1 atom stereocenters. The van der Waals surface area contributed by atoms with Gasteiger partial charge in [0.05, 0.1) is 0 Å². The van der Waals surface area contributed by atoms with Crippen molar-refractivity contribution in [3.8, 4) is 0 Å². The molecule has 1 rings (SSSR count). The molecule has 0 spiro atoms. The van der Waals surface area contributed by atoms with Gasteiger partial charge in [-0.05, 0) is 6.92 Å². The Balaban J connectivity index is 2.61. The zero-order chi connectivity index (χ0) is 11.9. The Labute approximate surface area is 83.0 Å². The van der Waals surface area contributed by atoms with Gasteiger partial charge in [0.2, 0.25) is 5.60 Å². The van der Waals surface area contributed by atoms with E-state index in [-0.39, 0.29) is 12.8 Å². The van der Waals surface area contributed by atoms with E-state index in [2.05, 4.69) is 4.74 Å². The molecule has 15 heavy (non-hydrogen) atoms. The van der Waals surface area contributed by atoms with Crippen LogP contribution in [0.15, 0.2) is 0 Å². The quantitative estimate of drug-likeness (QED) is 0.737. The molecule has 1 saturated carbocycles. The summed E-state index contributed by atoms with van der Waals surface area (Å²) in [5, 5.41) is 8.58. The molecule has 1 aliphatic rings. The molecular weight excluding hydrogens is 217 g/mol. The lowest BCUT2D eigenvalue weighted by Gasteiger charge is -2.17. The minimum absolute atomic E-state index is 0.0681. The summed E-state index contributed by atoms with van der Waals surface area (Å²) in [5.74, 6) is -5.23. The molecule has 0 heterocycles. The van der Waals surface area contributed by atoms with Crippen LogP contribution in [0.2, 0.25) is 0 Å². The van der Waals surface area contributed by atoms with Gasteiger partial charge in [-0.2, -0.15) is 13.2 Å². The zero-order valence-corrected chi connectivity index (χ0v) is 7.80. The van der Waals surface area contributed by atoms with Crippen molar-refractivity contribution in [2.75, 3.05) is 0 Å². The number of aliphatic carboxylic acids is 1. The second-order valence-electron chi connectivity index (χ2n) is 3.48. The Bertz CT molecular complexity index is 293. The number of rotatable bonds is 3. The van der Waals surface area contributed by atoms with Crippen molar-refractivity contribution < 1.29 is 32.6 Å². The van der Waals surface area contributed by atoms with Crippen molar-refractivity contribution >= 4 is 11.9 Å². The molecule has 0 aliphatic heterocycles. The van der Waals surface area contributed by atoms with Gasteiger partial charge >= 0.3 is 18.1 Å². The number of carboxylic acids is 1. The molecule has 4 nitrogen and oxygen atoms in total. The number of hydrogen-bond acceptors (Lipinski definition) is 3. The standard InChI is InChI=1S/C8H9F3O4/c1-4(8(9,10)11)5(12)15-7(2-3-7)6(13)14/h4H,2-3H2,1H3,(H,13,14)/t4-/m1/s1. The predicted molar refractivity (Wildman–Crippen MR) is 40.9 cm³/mol. The molecule has 1 aliphatic carbocycles. The Morgan fingerprint density at radius 2 is 1.87 bits per heavy atom. The maximum atomic E-state index is 12.0. The monoisotopic (exact) mass is 226 g/mol. The average Bonchev–Trinajstić information content (AvgIpc) is 2.82. The number of hydrogen-bond donors (Lipinski definition) is 1. The Morgan fingerprint density at radius 3 is 2.13 bits per heavy atom. The van der Waals surface area contributed by atoms with Gasteiger partial charge in [0.25, 0.3) is 0 Å². The average molecular weight is 226 g/mol. The van der Waals surface area contributed by atoms with Crippen molar-refractivity contribution in [3.05, 3.63) is 0 Å². The molecule has 0 aromatic heterocycles. The summed E-state index contributed by atoms with van der Waals surface area (Å²) >= 11 is 0. The number of esters is 1. The van der Waals surface area contributed by atoms with E-state index in [1.807, 2.05) is 0 Å². The minimum Gasteiger partial charge on any atom is -0.478 e. The first-order valence-corrected chi connectivity index (χ1v) is 4.22. The third kappa shape index (κ3) is 2.40. The highest BCUT2D eigenvalue weighted by atomic mass is 19.4. The summed E-state index contributed by atoms with van der Waals surface area (Å²) in [7, 11) is 0. The number of carboxylic acid groups (broad SMARTS) is 1. The Morgan fingerprint density at radius 1 is 1.40 bits per heavy atom. The highest BCUT2D eigenvalue weighted by Crippen LogP contribution is 2.41. The first-order chi connectivity index (χ1) is 6.69. The van der Waals surface area contributed by atoms with Gasteiger partial charge in [-0.1, -0.05) is 0 Å². The predicted octanol–water partition coefficient (Wildman–Crippen LogP) is 1.35. The summed E-state index contributed by atoms with van der Waals surface area (Å²) in [4.78, 5) is 21.5. The molecule has 0 radical (unpaired) electrons. The fourth-order valence-corrected chi connectivity index (χ4v) is 0.888. The van der Waals surface area contributed by atoms with Gasteiger partial charge in [-0.3, -0.25) is 4.79 Å². The molecule has 7 heteroatoms. The van der Waals surface area contributed by atoms with E-state index >= 15 is 0 Å². The smallest absolute Gasteiger partial charge is 0.401 e. The van der Waals surface area contributed by atoms with Crippen LogP contribution in [-0.4, -0.2) is 28.8 Å². The highest BCUT2D eigenvalue weighted by molar-refractivity contribution is 5.85. The molecule has 1 fully saturated rings. The summed E-state index contributed by atoms with van der Waals surface area (Å²) in [6.07, 6.45) is -4.57. The van der Waals surface area contributed by atoms with E-state index in [1.165, 1.54) is 0 Å². The number of ether oxygens (including phenoxy) is 1. The van der Waals surface area contributed by atoms with Gasteiger partial charge in [-0.25, -0.2) is 4.79 Å². The molecule has 86 valence electrons. The number of carbonyl (C=O) groups excluding carboxylic acids is 1. The molecule has 0 amide bonds. The van der Waals surface area contributed by atoms with E-state index in [0.29, 0.717) is 6.92 Å². The zero-order valence-electron chi connectivity index (χ0n) is 7.80. The maximum absolute atomic E-state index is 12.0. The Kier molecular flexibility index (Phi) is 2.67. The van der Waals surface area contributed by atoms with Crippen LogP contribution >= 0.6 is 0 Å². The topological polar surface area (TPSA) is 63.6 Å². The van der Waals surface area contributed by atoms with Crippen LogP contribution in [0.5, 0.6) is 0 Å². The largest absolute Gasteiger partial charge is 0.478 e. The van der Waals surface area contributed by atoms with Crippen LogP contribution in [0.25, 0.3) is 0 Å². The van der Waals surface area contributed by atoms with E-state index < -0.39 is 29.6 Å². The normalized spacial score (nSPS) is 20.5. The first-order valence-electron chi connectivity index (χ1n) is 4.22. The van der Waals surface area contributed by atoms with Crippen LogP contribution in [0.4, 0.5) is 13.2 Å². The lowest BCUT2D eigenvalue weighted by atomic mass is 10.2. The Hall–Kier alpha value is -1.27. The van der Waals surface area contributed by atoms with Gasteiger partial charge in [0.1, 0.15) is 5.92 Å². The number of carbonyl (C=O) groups is 2. The summed E-state index contributed by atoms with van der Waals surface area (Å²) in [6, 6.07) is 0. The van der Waals surface area contributed by atoms with Gasteiger partial charge in [0, 0.05) is 12.8 Å². The molecule has 1 N–H and O–H groups in total. The second kappa shape index (κ2) is 3.39. The second-order valence-corrected chi connectivity index (χ2v) is 3.48.